The molecule has 0 aliphatic carbocycles. The van der Waals surface area contributed by atoms with Crippen LogP contribution in [0.15, 0.2) is 24.3 Å². The van der Waals surface area contributed by atoms with Crippen LogP contribution in [0.25, 0.3) is 17.6 Å². The molecule has 0 saturated heterocycles. The predicted molar refractivity (Wildman–Crippen MR) is 84.6 cm³/mol. The molecule has 2 aromatic carbocycles. The van der Waals surface area contributed by atoms with E-state index in [1.165, 1.54) is 17.6 Å². The Bertz CT molecular complexity index is 741. The summed E-state index contributed by atoms with van der Waals surface area (Å²) in [5.74, 6) is 3.08. The summed E-state index contributed by atoms with van der Waals surface area (Å²) in [5, 5.41) is 2.43. The standard InChI is InChI=1S/C16H16O4Te/c1-17-11-5-9-10-6-12(18-2)14(20-4)8-16(10)21-15(9)7-13(11)19-3/h5-8H,1-4H3. The van der Waals surface area contributed by atoms with E-state index in [2.05, 4.69) is 24.3 Å². The molecule has 0 bridgehead atoms. The second kappa shape index (κ2) is 5.67. The Morgan fingerprint density at radius 2 is 0.905 bits per heavy atom. The van der Waals surface area contributed by atoms with Crippen molar-refractivity contribution < 1.29 is 18.9 Å². The summed E-state index contributed by atoms with van der Waals surface area (Å²) in [4.78, 5) is 0. The Balaban J connectivity index is 2.35. The Morgan fingerprint density at radius 3 is 1.24 bits per heavy atom. The Morgan fingerprint density at radius 1 is 0.571 bits per heavy atom. The minimum atomic E-state index is -0.451. The number of rotatable bonds is 4. The third-order valence-corrected chi connectivity index (χ3v) is 6.66. The monoisotopic (exact) mass is 402 g/mol. The van der Waals surface area contributed by atoms with Gasteiger partial charge in [0.15, 0.2) is 0 Å². The predicted octanol–water partition coefficient (Wildman–Crippen LogP) is 3.08. The molecule has 3 aromatic rings. The molecule has 1 aromatic heterocycles. The van der Waals surface area contributed by atoms with Crippen LogP contribution < -0.4 is 18.9 Å². The maximum atomic E-state index is 5.41. The van der Waals surface area contributed by atoms with Crippen LogP contribution in [0.4, 0.5) is 0 Å². The first-order valence-corrected chi connectivity index (χ1v) is 8.75. The molecule has 0 N–H and O–H groups in total. The van der Waals surface area contributed by atoms with Crippen LogP contribution in [0, 0.1) is 0 Å². The number of hydrogen-bond acceptors (Lipinski definition) is 4. The molecule has 0 fully saturated rings. The molecule has 110 valence electrons. The number of benzene rings is 2. The van der Waals surface area contributed by atoms with Crippen molar-refractivity contribution in [2.75, 3.05) is 28.4 Å². The molecule has 5 heteroatoms. The normalized spacial score (nSPS) is 10.9. The van der Waals surface area contributed by atoms with Gasteiger partial charge in [0.25, 0.3) is 0 Å². The maximum absolute atomic E-state index is 5.41. The molecule has 0 atom stereocenters. The number of fused-ring (bicyclic) bond motifs is 3. The third-order valence-electron chi connectivity index (χ3n) is 3.48. The molecule has 0 aliphatic rings. The van der Waals surface area contributed by atoms with E-state index >= 15 is 0 Å². The summed E-state index contributed by atoms with van der Waals surface area (Å²) >= 11 is -0.451. The fourth-order valence-electron chi connectivity index (χ4n) is 2.43. The molecular weight excluding hydrogens is 384 g/mol. The molecule has 0 radical (unpaired) electrons. The van der Waals surface area contributed by atoms with Crippen LogP contribution in [0.2, 0.25) is 0 Å². The average molecular weight is 400 g/mol. The first-order valence-electron chi connectivity index (χ1n) is 6.42. The van der Waals surface area contributed by atoms with Gasteiger partial charge in [-0.1, -0.05) is 0 Å². The molecule has 0 saturated carbocycles. The molecule has 0 unspecified atom stereocenters. The van der Waals surface area contributed by atoms with Crippen LogP contribution in [0.5, 0.6) is 23.0 Å². The summed E-state index contributed by atoms with van der Waals surface area (Å²) in [6.07, 6.45) is 0. The first kappa shape index (κ1) is 14.4. The Labute approximate surface area is 132 Å². The van der Waals surface area contributed by atoms with E-state index < -0.39 is 20.4 Å². The fraction of sp³-hybridized carbons (Fsp3) is 0.250. The van der Waals surface area contributed by atoms with Crippen LogP contribution in [0.3, 0.4) is 0 Å². The summed E-state index contributed by atoms with van der Waals surface area (Å²) in [6, 6.07) is 8.29. The van der Waals surface area contributed by atoms with Crippen molar-refractivity contribution in [2.24, 2.45) is 0 Å². The zero-order valence-electron chi connectivity index (χ0n) is 12.4. The summed E-state index contributed by atoms with van der Waals surface area (Å²) in [7, 11) is 6.65. The summed E-state index contributed by atoms with van der Waals surface area (Å²) in [6.45, 7) is 0. The molecule has 3 rings (SSSR count). The Hall–Kier alpha value is -1.57. The second-order valence-corrected chi connectivity index (χ2v) is 7.60. The van der Waals surface area contributed by atoms with Crippen LogP contribution in [0.1, 0.15) is 0 Å². The fourth-order valence-corrected chi connectivity index (χ4v) is 5.64. The van der Waals surface area contributed by atoms with Crippen LogP contribution in [-0.2, 0) is 0 Å². The van der Waals surface area contributed by atoms with Crippen molar-refractivity contribution in [1.29, 1.82) is 0 Å². The minimum absolute atomic E-state index is 0.451. The van der Waals surface area contributed by atoms with Gasteiger partial charge in [0.1, 0.15) is 0 Å². The number of hydrogen-bond donors (Lipinski definition) is 0. The molecule has 0 aliphatic heterocycles. The van der Waals surface area contributed by atoms with E-state index in [0.29, 0.717) is 0 Å². The topological polar surface area (TPSA) is 36.9 Å². The molecule has 1 heterocycles. The van der Waals surface area contributed by atoms with Gasteiger partial charge < -0.3 is 0 Å². The van der Waals surface area contributed by atoms with Crippen molar-refractivity contribution in [3.05, 3.63) is 24.3 Å². The van der Waals surface area contributed by atoms with Gasteiger partial charge in [-0.05, 0) is 0 Å². The van der Waals surface area contributed by atoms with Gasteiger partial charge in [-0.15, -0.1) is 0 Å². The van der Waals surface area contributed by atoms with E-state index in [4.69, 9.17) is 18.9 Å². The molecule has 0 spiro atoms. The summed E-state index contributed by atoms with van der Waals surface area (Å²) in [5.41, 5.74) is 0. The SMILES string of the molecule is COc1cc2[te]c3cc(OC)c(OC)cc3c2cc1OC. The zero-order chi connectivity index (χ0) is 15.0. The first-order chi connectivity index (χ1) is 10.2. The Kier molecular flexibility index (Phi) is 3.88. The molecule has 4 nitrogen and oxygen atoms in total. The zero-order valence-corrected chi connectivity index (χ0v) is 14.7. The van der Waals surface area contributed by atoms with Crippen LogP contribution >= 0.6 is 0 Å². The number of ether oxygens (including phenoxy) is 4. The molecule has 0 amide bonds. The van der Waals surface area contributed by atoms with E-state index in [1.807, 2.05) is 0 Å². The van der Waals surface area contributed by atoms with Gasteiger partial charge in [-0.25, -0.2) is 0 Å². The number of methoxy groups -OCH3 is 4. The molecule has 21 heavy (non-hydrogen) atoms. The third kappa shape index (κ3) is 2.31. The van der Waals surface area contributed by atoms with Crippen molar-refractivity contribution in [2.45, 2.75) is 0 Å². The van der Waals surface area contributed by atoms with E-state index in [9.17, 15) is 0 Å². The van der Waals surface area contributed by atoms with Crippen molar-refractivity contribution in [3.63, 3.8) is 0 Å². The van der Waals surface area contributed by atoms with E-state index in [0.717, 1.165) is 23.0 Å². The van der Waals surface area contributed by atoms with E-state index in [-0.39, 0.29) is 0 Å². The van der Waals surface area contributed by atoms with Crippen LogP contribution in [-0.4, -0.2) is 48.9 Å². The van der Waals surface area contributed by atoms with Gasteiger partial charge >= 0.3 is 133 Å². The van der Waals surface area contributed by atoms with Gasteiger partial charge in [0.05, 0.1) is 0 Å². The van der Waals surface area contributed by atoms with Gasteiger partial charge in [-0.2, -0.15) is 0 Å². The van der Waals surface area contributed by atoms with Gasteiger partial charge in [0, 0.05) is 0 Å². The summed E-state index contributed by atoms with van der Waals surface area (Å²) < 4.78 is 24.3. The van der Waals surface area contributed by atoms with Gasteiger partial charge in [0.2, 0.25) is 0 Å². The van der Waals surface area contributed by atoms with E-state index in [1.54, 1.807) is 28.4 Å². The van der Waals surface area contributed by atoms with Crippen molar-refractivity contribution in [3.8, 4) is 23.0 Å². The van der Waals surface area contributed by atoms with Crippen molar-refractivity contribution >= 4 is 38.0 Å². The second-order valence-electron chi connectivity index (χ2n) is 4.51. The average Bonchev–Trinajstić information content (AvgIpc) is 2.88. The molecular formula is C16H16O4Te. The van der Waals surface area contributed by atoms with Crippen molar-refractivity contribution in [1.82, 2.24) is 0 Å². The quantitative estimate of drug-likeness (QED) is 0.632. The van der Waals surface area contributed by atoms with Gasteiger partial charge in [-0.3, -0.25) is 0 Å².